The number of halogens is 1. The summed E-state index contributed by atoms with van der Waals surface area (Å²) in [6, 6.07) is 11.0. The minimum absolute atomic E-state index is 0.106. The Morgan fingerprint density at radius 2 is 2.14 bits per heavy atom. The number of rotatable bonds is 6. The predicted molar refractivity (Wildman–Crippen MR) is 84.4 cm³/mol. The Bertz CT molecular complexity index is 609. The Labute approximate surface area is 132 Å². The summed E-state index contributed by atoms with van der Waals surface area (Å²) >= 11 is 3.39. The molecule has 0 saturated heterocycles. The molecule has 2 rings (SSSR count). The standard InChI is InChI=1S/C16H18BrNO3/c1-3-9-18(2)16(19)15-8-7-14(21-15)11-20-13-6-4-5-12(17)10-13/h4-8,10H,3,9,11H2,1-2H3. The van der Waals surface area contributed by atoms with Crippen molar-refractivity contribution in [3.8, 4) is 5.75 Å². The van der Waals surface area contributed by atoms with Crippen LogP contribution in [0.5, 0.6) is 5.75 Å². The summed E-state index contributed by atoms with van der Waals surface area (Å²) in [5.74, 6) is 1.62. The lowest BCUT2D eigenvalue weighted by Gasteiger charge is -2.13. The van der Waals surface area contributed by atoms with Crippen LogP contribution in [-0.2, 0) is 6.61 Å². The molecule has 0 fully saturated rings. The van der Waals surface area contributed by atoms with Gasteiger partial charge in [-0.05, 0) is 36.8 Å². The van der Waals surface area contributed by atoms with Crippen molar-refractivity contribution in [2.24, 2.45) is 0 Å². The number of amides is 1. The molecule has 112 valence electrons. The van der Waals surface area contributed by atoms with Crippen LogP contribution >= 0.6 is 15.9 Å². The Kier molecular flexibility index (Phi) is 5.44. The maximum absolute atomic E-state index is 12.1. The number of furan rings is 1. The summed E-state index contributed by atoms with van der Waals surface area (Å²) in [6.07, 6.45) is 0.918. The molecule has 0 N–H and O–H groups in total. The number of hydrogen-bond acceptors (Lipinski definition) is 3. The van der Waals surface area contributed by atoms with E-state index in [-0.39, 0.29) is 5.91 Å². The number of carbonyl (C=O) groups is 1. The van der Waals surface area contributed by atoms with E-state index in [4.69, 9.17) is 9.15 Å². The van der Waals surface area contributed by atoms with Crippen LogP contribution in [0.3, 0.4) is 0 Å². The summed E-state index contributed by atoms with van der Waals surface area (Å²) in [7, 11) is 1.77. The van der Waals surface area contributed by atoms with E-state index in [9.17, 15) is 4.79 Å². The second kappa shape index (κ2) is 7.31. The first-order valence-corrected chi connectivity index (χ1v) is 7.62. The van der Waals surface area contributed by atoms with Gasteiger partial charge in [0.05, 0.1) is 0 Å². The average Bonchev–Trinajstić information content (AvgIpc) is 2.93. The zero-order chi connectivity index (χ0) is 15.2. The van der Waals surface area contributed by atoms with Gasteiger partial charge in [0.1, 0.15) is 18.1 Å². The molecular formula is C16H18BrNO3. The topological polar surface area (TPSA) is 42.7 Å². The molecule has 2 aromatic rings. The first-order chi connectivity index (χ1) is 10.1. The smallest absolute Gasteiger partial charge is 0.289 e. The van der Waals surface area contributed by atoms with Crippen LogP contribution in [0.25, 0.3) is 0 Å². The highest BCUT2D eigenvalue weighted by molar-refractivity contribution is 9.10. The molecule has 4 nitrogen and oxygen atoms in total. The Morgan fingerprint density at radius 1 is 1.33 bits per heavy atom. The van der Waals surface area contributed by atoms with E-state index in [1.807, 2.05) is 31.2 Å². The van der Waals surface area contributed by atoms with Gasteiger partial charge in [-0.25, -0.2) is 0 Å². The molecule has 21 heavy (non-hydrogen) atoms. The molecule has 0 saturated carbocycles. The Hall–Kier alpha value is -1.75. The number of hydrogen-bond donors (Lipinski definition) is 0. The lowest BCUT2D eigenvalue weighted by molar-refractivity contribution is 0.0759. The van der Waals surface area contributed by atoms with Crippen LogP contribution in [0.1, 0.15) is 29.7 Å². The van der Waals surface area contributed by atoms with Gasteiger partial charge in [-0.1, -0.05) is 28.9 Å². The van der Waals surface area contributed by atoms with E-state index in [0.29, 0.717) is 24.7 Å². The lowest BCUT2D eigenvalue weighted by Crippen LogP contribution is -2.26. The van der Waals surface area contributed by atoms with Gasteiger partial charge in [0.25, 0.3) is 5.91 Å². The zero-order valence-electron chi connectivity index (χ0n) is 12.1. The highest BCUT2D eigenvalue weighted by Crippen LogP contribution is 2.19. The SMILES string of the molecule is CCCN(C)C(=O)c1ccc(COc2cccc(Br)c2)o1. The Balaban J connectivity index is 1.95. The number of nitrogens with zero attached hydrogens (tertiary/aromatic N) is 1. The van der Waals surface area contributed by atoms with Gasteiger partial charge in [-0.2, -0.15) is 0 Å². The van der Waals surface area contributed by atoms with E-state index in [1.54, 1.807) is 24.1 Å². The largest absolute Gasteiger partial charge is 0.486 e. The number of ether oxygens (including phenoxy) is 1. The zero-order valence-corrected chi connectivity index (χ0v) is 13.7. The number of benzene rings is 1. The van der Waals surface area contributed by atoms with E-state index < -0.39 is 0 Å². The molecule has 0 spiro atoms. The van der Waals surface area contributed by atoms with Crippen molar-refractivity contribution in [1.29, 1.82) is 0 Å². The van der Waals surface area contributed by atoms with Crippen LogP contribution in [0.2, 0.25) is 0 Å². The van der Waals surface area contributed by atoms with Crippen molar-refractivity contribution in [3.63, 3.8) is 0 Å². The van der Waals surface area contributed by atoms with Crippen LogP contribution in [0.15, 0.2) is 45.3 Å². The second-order valence-electron chi connectivity index (χ2n) is 4.74. The quantitative estimate of drug-likeness (QED) is 0.786. The molecule has 1 aromatic heterocycles. The van der Waals surface area contributed by atoms with Crippen LogP contribution in [0.4, 0.5) is 0 Å². The van der Waals surface area contributed by atoms with Gasteiger partial charge in [0.15, 0.2) is 5.76 Å². The van der Waals surface area contributed by atoms with E-state index >= 15 is 0 Å². The molecule has 0 unspecified atom stereocenters. The van der Waals surface area contributed by atoms with Gasteiger partial charge in [0, 0.05) is 18.1 Å². The lowest BCUT2D eigenvalue weighted by atomic mass is 10.3. The molecule has 0 atom stereocenters. The number of carbonyl (C=O) groups excluding carboxylic acids is 1. The monoisotopic (exact) mass is 351 g/mol. The third kappa shape index (κ3) is 4.36. The van der Waals surface area contributed by atoms with Crippen LogP contribution < -0.4 is 4.74 Å². The maximum Gasteiger partial charge on any atom is 0.289 e. The van der Waals surface area contributed by atoms with Gasteiger partial charge < -0.3 is 14.1 Å². The molecule has 0 aliphatic heterocycles. The van der Waals surface area contributed by atoms with Crippen molar-refractivity contribution >= 4 is 21.8 Å². The summed E-state index contributed by atoms with van der Waals surface area (Å²) in [5.41, 5.74) is 0. The van der Waals surface area contributed by atoms with Crippen molar-refractivity contribution in [3.05, 3.63) is 52.4 Å². The van der Waals surface area contributed by atoms with Gasteiger partial charge in [-0.15, -0.1) is 0 Å². The van der Waals surface area contributed by atoms with Crippen molar-refractivity contribution in [2.45, 2.75) is 20.0 Å². The van der Waals surface area contributed by atoms with Gasteiger partial charge in [0.2, 0.25) is 0 Å². The normalized spacial score (nSPS) is 10.4. The molecule has 1 amide bonds. The molecule has 0 bridgehead atoms. The van der Waals surface area contributed by atoms with Crippen molar-refractivity contribution < 1.29 is 13.9 Å². The third-order valence-electron chi connectivity index (χ3n) is 2.96. The summed E-state index contributed by atoms with van der Waals surface area (Å²) < 4.78 is 12.1. The fraction of sp³-hybridized carbons (Fsp3) is 0.312. The third-order valence-corrected chi connectivity index (χ3v) is 3.45. The van der Waals surface area contributed by atoms with Crippen molar-refractivity contribution in [2.75, 3.05) is 13.6 Å². The second-order valence-corrected chi connectivity index (χ2v) is 5.65. The maximum atomic E-state index is 12.1. The highest BCUT2D eigenvalue weighted by Gasteiger charge is 2.15. The molecule has 5 heteroatoms. The predicted octanol–water partition coefficient (Wildman–Crippen LogP) is 4.10. The van der Waals surface area contributed by atoms with Crippen LogP contribution in [-0.4, -0.2) is 24.4 Å². The van der Waals surface area contributed by atoms with Crippen LogP contribution in [0, 0.1) is 0 Å². The van der Waals surface area contributed by atoms with E-state index in [2.05, 4.69) is 15.9 Å². The first-order valence-electron chi connectivity index (χ1n) is 6.82. The van der Waals surface area contributed by atoms with Crippen molar-refractivity contribution in [1.82, 2.24) is 4.90 Å². The summed E-state index contributed by atoms with van der Waals surface area (Å²) in [4.78, 5) is 13.7. The van der Waals surface area contributed by atoms with Gasteiger partial charge in [-0.3, -0.25) is 4.79 Å². The molecule has 0 aliphatic rings. The highest BCUT2D eigenvalue weighted by atomic mass is 79.9. The van der Waals surface area contributed by atoms with E-state index in [0.717, 1.165) is 16.6 Å². The Morgan fingerprint density at radius 3 is 2.86 bits per heavy atom. The van der Waals surface area contributed by atoms with E-state index in [1.165, 1.54) is 0 Å². The summed E-state index contributed by atoms with van der Waals surface area (Å²) in [6.45, 7) is 3.04. The minimum Gasteiger partial charge on any atom is -0.486 e. The fourth-order valence-corrected chi connectivity index (χ4v) is 2.28. The average molecular weight is 352 g/mol. The molecular weight excluding hydrogens is 334 g/mol. The molecule has 0 aliphatic carbocycles. The minimum atomic E-state index is -0.106. The fourth-order valence-electron chi connectivity index (χ4n) is 1.91. The molecule has 0 radical (unpaired) electrons. The first kappa shape index (κ1) is 15.6. The summed E-state index contributed by atoms with van der Waals surface area (Å²) in [5, 5.41) is 0. The van der Waals surface area contributed by atoms with Gasteiger partial charge >= 0.3 is 0 Å². The molecule has 1 aromatic carbocycles. The molecule has 1 heterocycles.